The van der Waals surface area contributed by atoms with Gasteiger partial charge in [-0.05, 0) is 56.2 Å². The molecule has 0 aliphatic heterocycles. The molecule has 0 bridgehead atoms. The molecule has 1 N–H and O–H groups in total. The summed E-state index contributed by atoms with van der Waals surface area (Å²) in [7, 11) is 0. The molecule has 0 aliphatic rings. The van der Waals surface area contributed by atoms with E-state index in [2.05, 4.69) is 5.32 Å². The monoisotopic (exact) mass is 479 g/mol. The molecule has 1 heterocycles. The van der Waals surface area contributed by atoms with Crippen molar-refractivity contribution >= 4 is 51.3 Å². The minimum Gasteiger partial charge on any atom is -0.493 e. The first-order valence-corrected chi connectivity index (χ1v) is 11.3. The summed E-state index contributed by atoms with van der Waals surface area (Å²) < 4.78 is 11.9. The minimum atomic E-state index is -0.313. The number of furan rings is 1. The number of aryl methyl sites for hydroxylation is 1. The van der Waals surface area contributed by atoms with Crippen molar-refractivity contribution < 1.29 is 13.9 Å². The maximum absolute atomic E-state index is 12.8. The molecule has 4 nitrogen and oxygen atoms in total. The lowest BCUT2D eigenvalue weighted by Gasteiger charge is -2.15. The first-order valence-electron chi connectivity index (χ1n) is 10.6. The van der Waals surface area contributed by atoms with Gasteiger partial charge in [-0.2, -0.15) is 0 Å². The molecule has 33 heavy (non-hydrogen) atoms. The van der Waals surface area contributed by atoms with Crippen LogP contribution in [0.25, 0.3) is 27.7 Å². The van der Waals surface area contributed by atoms with Crippen LogP contribution >= 0.6 is 23.2 Å². The third kappa shape index (κ3) is 4.77. The van der Waals surface area contributed by atoms with Crippen molar-refractivity contribution in [3.05, 3.63) is 88.1 Å². The van der Waals surface area contributed by atoms with Crippen molar-refractivity contribution in [2.75, 3.05) is 11.9 Å². The van der Waals surface area contributed by atoms with Gasteiger partial charge in [0.2, 0.25) is 5.91 Å². The van der Waals surface area contributed by atoms with Gasteiger partial charge in [-0.25, -0.2) is 0 Å². The fraction of sp³-hybridized carbons (Fsp3) is 0.148. The van der Waals surface area contributed by atoms with Crippen LogP contribution in [0.1, 0.15) is 25.0 Å². The summed E-state index contributed by atoms with van der Waals surface area (Å²) in [5.74, 6) is 0.383. The standard InChI is InChI=1S/C27H23Cl2NO3/c1-4-32-26-17(3)27-21(22(15-33-27)18-8-6-5-7-9-18)14-20(26)16(2)12-25(31)30-24-13-19(28)10-11-23(24)29/h5-15H,4H2,1-3H3,(H,30,31)/b16-12+. The number of fused-ring (bicyclic) bond motifs is 1. The molecule has 4 aromatic rings. The zero-order valence-electron chi connectivity index (χ0n) is 18.5. The molecular weight excluding hydrogens is 457 g/mol. The number of carbonyl (C=O) groups is 1. The number of amides is 1. The predicted molar refractivity (Wildman–Crippen MR) is 136 cm³/mol. The number of nitrogens with one attached hydrogen (secondary N) is 1. The van der Waals surface area contributed by atoms with Crippen LogP contribution in [-0.2, 0) is 4.79 Å². The van der Waals surface area contributed by atoms with E-state index in [1.54, 1.807) is 24.5 Å². The lowest BCUT2D eigenvalue weighted by atomic mass is 9.96. The molecular formula is C27H23Cl2NO3. The Morgan fingerprint density at radius 2 is 1.88 bits per heavy atom. The summed E-state index contributed by atoms with van der Waals surface area (Å²) in [5.41, 5.74) is 5.73. The number of ether oxygens (including phenoxy) is 1. The molecule has 0 fully saturated rings. The van der Waals surface area contributed by atoms with Gasteiger partial charge in [-0.1, -0.05) is 53.5 Å². The second-order valence-corrected chi connectivity index (χ2v) is 8.49. The number of benzene rings is 3. The lowest BCUT2D eigenvalue weighted by molar-refractivity contribution is -0.111. The van der Waals surface area contributed by atoms with E-state index < -0.39 is 0 Å². The van der Waals surface area contributed by atoms with Crippen molar-refractivity contribution in [3.8, 4) is 16.9 Å². The van der Waals surface area contributed by atoms with E-state index in [1.165, 1.54) is 6.08 Å². The number of hydrogen-bond acceptors (Lipinski definition) is 3. The number of allylic oxidation sites excluding steroid dienone is 1. The third-order valence-electron chi connectivity index (χ3n) is 5.38. The summed E-state index contributed by atoms with van der Waals surface area (Å²) in [5, 5.41) is 4.66. The lowest BCUT2D eigenvalue weighted by Crippen LogP contribution is -2.09. The van der Waals surface area contributed by atoms with Gasteiger partial charge in [0, 0.05) is 33.2 Å². The average molecular weight is 480 g/mol. The van der Waals surface area contributed by atoms with Crippen LogP contribution in [0.3, 0.4) is 0 Å². The highest BCUT2D eigenvalue weighted by Crippen LogP contribution is 2.40. The summed E-state index contributed by atoms with van der Waals surface area (Å²) in [6.45, 7) is 6.26. The first-order chi connectivity index (χ1) is 15.9. The Labute approximate surface area is 202 Å². The first kappa shape index (κ1) is 23.0. The largest absolute Gasteiger partial charge is 0.493 e. The molecule has 0 spiro atoms. The molecule has 168 valence electrons. The summed E-state index contributed by atoms with van der Waals surface area (Å²) in [6, 6.07) is 17.0. The fourth-order valence-electron chi connectivity index (χ4n) is 3.82. The molecule has 1 amide bonds. The van der Waals surface area contributed by atoms with E-state index in [1.807, 2.05) is 57.2 Å². The molecule has 3 aromatic carbocycles. The maximum atomic E-state index is 12.8. The van der Waals surface area contributed by atoms with E-state index in [0.717, 1.165) is 38.8 Å². The zero-order chi connectivity index (χ0) is 23.5. The van der Waals surface area contributed by atoms with E-state index >= 15 is 0 Å². The smallest absolute Gasteiger partial charge is 0.248 e. The predicted octanol–water partition coefficient (Wildman–Crippen LogP) is 8.16. The normalized spacial score (nSPS) is 11.6. The van der Waals surface area contributed by atoms with Crippen molar-refractivity contribution in [2.45, 2.75) is 20.8 Å². The maximum Gasteiger partial charge on any atom is 0.248 e. The van der Waals surface area contributed by atoms with Gasteiger partial charge in [0.1, 0.15) is 11.3 Å². The third-order valence-corrected chi connectivity index (χ3v) is 5.94. The van der Waals surface area contributed by atoms with Crippen molar-refractivity contribution in [2.24, 2.45) is 0 Å². The van der Waals surface area contributed by atoms with Crippen LogP contribution in [-0.4, -0.2) is 12.5 Å². The Kier molecular flexibility index (Phi) is 6.77. The topological polar surface area (TPSA) is 51.5 Å². The van der Waals surface area contributed by atoms with Crippen molar-refractivity contribution in [3.63, 3.8) is 0 Å². The molecule has 0 unspecified atom stereocenters. The molecule has 0 saturated carbocycles. The van der Waals surface area contributed by atoms with E-state index in [-0.39, 0.29) is 5.91 Å². The van der Waals surface area contributed by atoms with Crippen molar-refractivity contribution in [1.29, 1.82) is 0 Å². The van der Waals surface area contributed by atoms with Gasteiger partial charge >= 0.3 is 0 Å². The van der Waals surface area contributed by atoms with Crippen molar-refractivity contribution in [1.82, 2.24) is 0 Å². The van der Waals surface area contributed by atoms with Crippen LogP contribution in [0.15, 0.2) is 71.4 Å². The number of carbonyl (C=O) groups excluding carboxylic acids is 1. The van der Waals surface area contributed by atoms with E-state index in [0.29, 0.717) is 28.1 Å². The number of halogens is 2. The molecule has 0 aliphatic carbocycles. The molecule has 0 saturated heterocycles. The highest BCUT2D eigenvalue weighted by atomic mass is 35.5. The summed E-state index contributed by atoms with van der Waals surface area (Å²) >= 11 is 12.2. The number of anilines is 1. The molecule has 0 radical (unpaired) electrons. The molecule has 0 atom stereocenters. The molecule has 6 heteroatoms. The number of hydrogen-bond donors (Lipinski definition) is 1. The van der Waals surface area contributed by atoms with Crippen LogP contribution < -0.4 is 10.1 Å². The van der Waals surface area contributed by atoms with Crippen LogP contribution in [0.5, 0.6) is 5.75 Å². The minimum absolute atomic E-state index is 0.313. The van der Waals surface area contributed by atoms with Crippen LogP contribution in [0, 0.1) is 6.92 Å². The van der Waals surface area contributed by atoms with Gasteiger partial charge in [-0.3, -0.25) is 4.79 Å². The second-order valence-electron chi connectivity index (χ2n) is 7.64. The average Bonchev–Trinajstić information content (AvgIpc) is 3.23. The van der Waals surface area contributed by atoms with Gasteiger partial charge < -0.3 is 14.5 Å². The van der Waals surface area contributed by atoms with E-state index in [4.69, 9.17) is 32.4 Å². The quantitative estimate of drug-likeness (QED) is 0.283. The Bertz CT molecular complexity index is 1360. The van der Waals surface area contributed by atoms with Crippen LogP contribution in [0.4, 0.5) is 5.69 Å². The second kappa shape index (κ2) is 9.74. The fourth-order valence-corrected chi connectivity index (χ4v) is 4.15. The van der Waals surface area contributed by atoms with E-state index in [9.17, 15) is 4.79 Å². The Morgan fingerprint density at radius 3 is 2.61 bits per heavy atom. The zero-order valence-corrected chi connectivity index (χ0v) is 20.1. The Morgan fingerprint density at radius 1 is 1.12 bits per heavy atom. The van der Waals surface area contributed by atoms with Gasteiger partial charge in [-0.15, -0.1) is 0 Å². The van der Waals surface area contributed by atoms with Crippen LogP contribution in [0.2, 0.25) is 10.0 Å². The molecule has 1 aromatic heterocycles. The van der Waals surface area contributed by atoms with Gasteiger partial charge in [0.05, 0.1) is 23.6 Å². The highest BCUT2D eigenvalue weighted by molar-refractivity contribution is 6.35. The SMILES string of the molecule is CCOc1c(/C(C)=C/C(=O)Nc2cc(Cl)ccc2Cl)cc2c(-c3ccccc3)coc2c1C. The van der Waals surface area contributed by atoms with Gasteiger partial charge in [0.15, 0.2) is 0 Å². The summed E-state index contributed by atoms with van der Waals surface area (Å²) in [6.07, 6.45) is 3.29. The summed E-state index contributed by atoms with van der Waals surface area (Å²) in [4.78, 5) is 12.8. The molecule has 4 rings (SSSR count). The number of rotatable bonds is 6. The Hall–Kier alpha value is -3.21. The van der Waals surface area contributed by atoms with Gasteiger partial charge in [0.25, 0.3) is 0 Å². The highest BCUT2D eigenvalue weighted by Gasteiger charge is 2.19. The Balaban J connectivity index is 1.78.